The van der Waals surface area contributed by atoms with Crippen LogP contribution in [0.15, 0.2) is 29.6 Å². The predicted molar refractivity (Wildman–Crippen MR) is 54.1 cm³/mol. The Balaban J connectivity index is 2.33. The lowest BCUT2D eigenvalue weighted by molar-refractivity contribution is 0.696. The molecule has 0 aliphatic rings. The summed E-state index contributed by atoms with van der Waals surface area (Å²) in [4.78, 5) is 5.09. The first-order valence-corrected chi connectivity index (χ1v) is 4.27. The van der Waals surface area contributed by atoms with Gasteiger partial charge in [0.15, 0.2) is 0 Å². The summed E-state index contributed by atoms with van der Waals surface area (Å²) in [6, 6.07) is 3.69. The number of aromatic nitrogens is 5. The average Bonchev–Trinajstić information content (AvgIpc) is 2.66. The van der Waals surface area contributed by atoms with E-state index in [4.69, 9.17) is 5.73 Å². The molecule has 76 valence electrons. The molecule has 0 fully saturated rings. The third-order valence-electron chi connectivity index (χ3n) is 1.82. The summed E-state index contributed by atoms with van der Waals surface area (Å²) in [6.45, 7) is 1.84. The van der Waals surface area contributed by atoms with E-state index in [0.717, 1.165) is 11.3 Å². The summed E-state index contributed by atoms with van der Waals surface area (Å²) < 4.78 is 0. The fourth-order valence-corrected chi connectivity index (χ4v) is 1.05. The summed E-state index contributed by atoms with van der Waals surface area (Å²) in [5.74, 6) is 0.156. The van der Waals surface area contributed by atoms with Gasteiger partial charge in [0, 0.05) is 18.0 Å². The lowest BCUT2D eigenvalue weighted by atomic mass is 10.2. The number of tetrazole rings is 1. The van der Waals surface area contributed by atoms with Crippen LogP contribution >= 0.6 is 0 Å². The van der Waals surface area contributed by atoms with Crippen LogP contribution in [0.2, 0.25) is 0 Å². The Morgan fingerprint density at radius 1 is 1.40 bits per heavy atom. The first kappa shape index (κ1) is 9.25. The first-order chi connectivity index (χ1) is 7.27. The fourth-order valence-electron chi connectivity index (χ4n) is 1.05. The summed E-state index contributed by atoms with van der Waals surface area (Å²) in [7, 11) is 0. The summed E-state index contributed by atoms with van der Waals surface area (Å²) in [6.07, 6.45) is 3.38. The maximum absolute atomic E-state index is 5.47. The molecule has 2 rings (SSSR count). The van der Waals surface area contributed by atoms with Crippen molar-refractivity contribution in [1.82, 2.24) is 25.3 Å². The molecule has 0 radical (unpaired) electrons. The van der Waals surface area contributed by atoms with E-state index in [2.05, 4.69) is 25.6 Å². The zero-order valence-corrected chi connectivity index (χ0v) is 8.07. The minimum Gasteiger partial charge on any atom is -0.365 e. The smallest absolute Gasteiger partial charge is 0.263 e. The topological polar surface area (TPSA) is 94.9 Å². The van der Waals surface area contributed by atoms with E-state index in [1.54, 1.807) is 12.4 Å². The van der Waals surface area contributed by atoms with E-state index in [9.17, 15) is 0 Å². The van der Waals surface area contributed by atoms with Gasteiger partial charge in [-0.1, -0.05) is 9.89 Å². The molecule has 0 aliphatic carbocycles. The van der Waals surface area contributed by atoms with Crippen molar-refractivity contribution in [2.75, 3.05) is 5.73 Å². The van der Waals surface area contributed by atoms with Crippen molar-refractivity contribution in [2.45, 2.75) is 6.92 Å². The van der Waals surface area contributed by atoms with Gasteiger partial charge in [0.1, 0.15) is 0 Å². The quantitative estimate of drug-likeness (QED) is 0.689. The number of pyridine rings is 1. The largest absolute Gasteiger partial charge is 0.365 e. The summed E-state index contributed by atoms with van der Waals surface area (Å²) in [5, 5.41) is 14.7. The van der Waals surface area contributed by atoms with Crippen LogP contribution in [-0.4, -0.2) is 31.0 Å². The Bertz CT molecular complexity index is 473. The zero-order valence-electron chi connectivity index (χ0n) is 8.07. The van der Waals surface area contributed by atoms with Gasteiger partial charge in [-0.05, 0) is 29.5 Å². The molecule has 0 bridgehead atoms. The van der Waals surface area contributed by atoms with Crippen molar-refractivity contribution in [1.29, 1.82) is 0 Å². The molecule has 15 heavy (non-hydrogen) atoms. The van der Waals surface area contributed by atoms with Crippen molar-refractivity contribution in [3.63, 3.8) is 0 Å². The van der Waals surface area contributed by atoms with E-state index in [-0.39, 0.29) is 5.95 Å². The maximum atomic E-state index is 5.47. The van der Waals surface area contributed by atoms with Crippen LogP contribution in [0.3, 0.4) is 0 Å². The van der Waals surface area contributed by atoms with Crippen LogP contribution < -0.4 is 5.73 Å². The van der Waals surface area contributed by atoms with Crippen molar-refractivity contribution in [2.24, 2.45) is 5.10 Å². The molecule has 0 amide bonds. The molecule has 7 nitrogen and oxygen atoms in total. The van der Waals surface area contributed by atoms with Crippen LogP contribution in [-0.2, 0) is 0 Å². The highest BCUT2D eigenvalue weighted by molar-refractivity contribution is 5.98. The van der Waals surface area contributed by atoms with Crippen LogP contribution in [0.5, 0.6) is 0 Å². The molecule has 2 aromatic rings. The highest BCUT2D eigenvalue weighted by atomic mass is 15.7. The lowest BCUT2D eigenvalue weighted by Crippen LogP contribution is -2.04. The molecule has 0 saturated heterocycles. The van der Waals surface area contributed by atoms with E-state index < -0.39 is 0 Å². The Morgan fingerprint density at radius 2 is 2.13 bits per heavy atom. The van der Waals surface area contributed by atoms with Crippen molar-refractivity contribution < 1.29 is 0 Å². The zero-order chi connectivity index (χ0) is 10.7. The van der Waals surface area contributed by atoms with E-state index in [1.165, 1.54) is 4.79 Å². The van der Waals surface area contributed by atoms with Gasteiger partial charge in [-0.2, -0.15) is 5.10 Å². The number of anilines is 1. The minimum atomic E-state index is 0.156. The molecule has 7 heteroatoms. The third-order valence-corrected chi connectivity index (χ3v) is 1.82. The van der Waals surface area contributed by atoms with Gasteiger partial charge in [0.05, 0.1) is 5.71 Å². The first-order valence-electron chi connectivity index (χ1n) is 4.27. The minimum absolute atomic E-state index is 0.156. The molecule has 2 aromatic heterocycles. The molecule has 2 heterocycles. The SMILES string of the molecule is CC(=Nn1nnnc1N)c1ccncc1. The third kappa shape index (κ3) is 1.96. The number of nitrogens with two attached hydrogens (primary N) is 1. The molecular formula is C8H9N7. The molecular weight excluding hydrogens is 194 g/mol. The molecule has 0 spiro atoms. The average molecular weight is 203 g/mol. The molecule has 0 aliphatic heterocycles. The van der Waals surface area contributed by atoms with Gasteiger partial charge in [-0.15, -0.1) is 0 Å². The number of hydrogen-bond donors (Lipinski definition) is 1. The maximum Gasteiger partial charge on any atom is 0.263 e. The molecule has 2 N–H and O–H groups in total. The lowest BCUT2D eigenvalue weighted by Gasteiger charge is -1.98. The second kappa shape index (κ2) is 3.82. The Labute approximate surface area is 85.6 Å². The second-order valence-electron chi connectivity index (χ2n) is 2.85. The van der Waals surface area contributed by atoms with Gasteiger partial charge in [0.2, 0.25) is 0 Å². The fraction of sp³-hybridized carbons (Fsp3) is 0.125. The Kier molecular flexibility index (Phi) is 2.36. The number of nitrogens with zero attached hydrogens (tertiary/aromatic N) is 6. The molecule has 0 atom stereocenters. The normalized spacial score (nSPS) is 11.7. The second-order valence-corrected chi connectivity index (χ2v) is 2.85. The van der Waals surface area contributed by atoms with Crippen LogP contribution in [0, 0.1) is 0 Å². The van der Waals surface area contributed by atoms with Crippen LogP contribution in [0.1, 0.15) is 12.5 Å². The molecule has 0 aromatic carbocycles. The van der Waals surface area contributed by atoms with Crippen LogP contribution in [0.25, 0.3) is 0 Å². The Morgan fingerprint density at radius 3 is 2.73 bits per heavy atom. The van der Waals surface area contributed by atoms with Crippen LogP contribution in [0.4, 0.5) is 5.95 Å². The standard InChI is InChI=1S/C8H9N7/c1-6(7-2-4-10-5-3-7)12-15-8(9)11-13-14-15/h2-5H,1H3,(H2,9,11,14). The van der Waals surface area contributed by atoms with Gasteiger partial charge in [-0.3, -0.25) is 4.98 Å². The van der Waals surface area contributed by atoms with E-state index in [0.29, 0.717) is 0 Å². The van der Waals surface area contributed by atoms with Crippen molar-refractivity contribution in [3.8, 4) is 0 Å². The highest BCUT2D eigenvalue weighted by Gasteiger charge is 2.01. The summed E-state index contributed by atoms with van der Waals surface area (Å²) >= 11 is 0. The predicted octanol–water partition coefficient (Wildman–Crippen LogP) is -0.0774. The highest BCUT2D eigenvalue weighted by Crippen LogP contribution is 2.00. The van der Waals surface area contributed by atoms with Gasteiger partial charge in [-0.25, -0.2) is 0 Å². The van der Waals surface area contributed by atoms with Gasteiger partial charge >= 0.3 is 0 Å². The van der Waals surface area contributed by atoms with Gasteiger partial charge < -0.3 is 5.73 Å². The van der Waals surface area contributed by atoms with Crippen molar-refractivity contribution in [3.05, 3.63) is 30.1 Å². The molecule has 0 unspecified atom stereocenters. The Hall–Kier alpha value is -2.31. The number of nitrogen functional groups attached to an aromatic ring is 1. The monoisotopic (exact) mass is 203 g/mol. The van der Waals surface area contributed by atoms with E-state index >= 15 is 0 Å². The number of hydrogen-bond acceptors (Lipinski definition) is 6. The van der Waals surface area contributed by atoms with Gasteiger partial charge in [0.25, 0.3) is 5.95 Å². The summed E-state index contributed by atoms with van der Waals surface area (Å²) in [5.41, 5.74) is 7.18. The van der Waals surface area contributed by atoms with E-state index in [1.807, 2.05) is 19.1 Å². The number of rotatable bonds is 2. The van der Waals surface area contributed by atoms with Crippen molar-refractivity contribution >= 4 is 11.7 Å². The molecule has 0 saturated carbocycles.